The first kappa shape index (κ1) is 13.9. The van der Waals surface area contributed by atoms with Crippen molar-refractivity contribution in [3.63, 3.8) is 0 Å². The number of nitrogens with two attached hydrogens (primary N) is 1. The van der Waals surface area contributed by atoms with Crippen LogP contribution in [-0.2, 0) is 11.8 Å². The predicted octanol–water partition coefficient (Wildman–Crippen LogP) is -2.68. The Balaban J connectivity index is 2.12. The zero-order valence-corrected chi connectivity index (χ0v) is 11.1. The van der Waals surface area contributed by atoms with E-state index < -0.39 is 36.8 Å². The molecule has 0 aromatic carbocycles. The Labute approximate surface area is 118 Å². The van der Waals surface area contributed by atoms with Crippen molar-refractivity contribution >= 4 is 17.0 Å². The van der Waals surface area contributed by atoms with Gasteiger partial charge in [-0.05, 0) is 0 Å². The Morgan fingerprint density at radius 3 is 2.76 bits per heavy atom. The number of aliphatic hydroxyl groups excluding tert-OH is 3. The van der Waals surface area contributed by atoms with E-state index in [0.717, 1.165) is 4.57 Å². The van der Waals surface area contributed by atoms with Gasteiger partial charge >= 0.3 is 5.69 Å². The second kappa shape index (κ2) is 4.77. The van der Waals surface area contributed by atoms with Crippen molar-refractivity contribution in [1.29, 1.82) is 0 Å². The third-order valence-electron chi connectivity index (χ3n) is 3.65. The van der Waals surface area contributed by atoms with Crippen LogP contribution in [0.1, 0.15) is 6.23 Å². The van der Waals surface area contributed by atoms with Crippen molar-refractivity contribution in [2.45, 2.75) is 24.5 Å². The molecular weight excluding hydrogens is 282 g/mol. The van der Waals surface area contributed by atoms with E-state index >= 15 is 0 Å². The number of nitrogen functional groups attached to an aromatic ring is 1. The van der Waals surface area contributed by atoms with Gasteiger partial charge in [0.2, 0.25) is 0 Å². The summed E-state index contributed by atoms with van der Waals surface area (Å²) in [4.78, 5) is 19.6. The third kappa shape index (κ3) is 1.92. The fraction of sp³-hybridized carbons (Fsp3) is 0.545. The highest BCUT2D eigenvalue weighted by molar-refractivity contribution is 5.81. The molecule has 1 fully saturated rings. The van der Waals surface area contributed by atoms with E-state index in [0.29, 0.717) is 0 Å². The Bertz CT molecular complexity index is 740. The molecule has 0 aliphatic carbocycles. The molecule has 114 valence electrons. The number of aromatic nitrogens is 4. The Morgan fingerprint density at radius 2 is 2.14 bits per heavy atom. The van der Waals surface area contributed by atoms with Crippen LogP contribution in [0.4, 0.5) is 5.82 Å². The SMILES string of the molecule is Cn1c(N)c2ncn([C@@H]3O[C@H](CO)[C@@H](O)[C@H]3O)c2nc1=O. The molecule has 3 rings (SSSR count). The van der Waals surface area contributed by atoms with Gasteiger partial charge < -0.3 is 25.8 Å². The van der Waals surface area contributed by atoms with Gasteiger partial charge in [-0.1, -0.05) is 0 Å². The summed E-state index contributed by atoms with van der Waals surface area (Å²) in [5, 5.41) is 28.9. The summed E-state index contributed by atoms with van der Waals surface area (Å²) in [7, 11) is 1.47. The Kier molecular flexibility index (Phi) is 3.17. The highest BCUT2D eigenvalue weighted by Gasteiger charge is 2.44. The van der Waals surface area contributed by atoms with Crippen molar-refractivity contribution < 1.29 is 20.1 Å². The molecule has 3 heterocycles. The van der Waals surface area contributed by atoms with E-state index in [1.807, 2.05) is 0 Å². The summed E-state index contributed by atoms with van der Waals surface area (Å²) in [6.45, 7) is -0.446. The van der Waals surface area contributed by atoms with Crippen molar-refractivity contribution in [2.24, 2.45) is 7.05 Å². The Hall–Kier alpha value is -2.01. The molecule has 1 aliphatic rings. The van der Waals surface area contributed by atoms with Crippen LogP contribution in [0.5, 0.6) is 0 Å². The average molecular weight is 297 g/mol. The van der Waals surface area contributed by atoms with Crippen LogP contribution < -0.4 is 11.4 Å². The van der Waals surface area contributed by atoms with Crippen LogP contribution in [0.25, 0.3) is 11.2 Å². The first-order valence-corrected chi connectivity index (χ1v) is 6.27. The van der Waals surface area contributed by atoms with Crippen molar-refractivity contribution in [3.8, 4) is 0 Å². The normalized spacial score (nSPS) is 29.3. The number of rotatable bonds is 2. The van der Waals surface area contributed by atoms with Gasteiger partial charge in [0.05, 0.1) is 12.9 Å². The largest absolute Gasteiger partial charge is 0.394 e. The molecule has 4 atom stereocenters. The lowest BCUT2D eigenvalue weighted by molar-refractivity contribution is -0.0511. The van der Waals surface area contributed by atoms with E-state index in [1.54, 1.807) is 0 Å². The number of nitrogens with zero attached hydrogens (tertiary/aromatic N) is 4. The van der Waals surface area contributed by atoms with Crippen LogP contribution >= 0.6 is 0 Å². The average Bonchev–Trinajstić information content (AvgIpc) is 2.99. The monoisotopic (exact) mass is 297 g/mol. The highest BCUT2D eigenvalue weighted by atomic mass is 16.6. The molecule has 0 amide bonds. The molecule has 1 saturated heterocycles. The first-order valence-electron chi connectivity index (χ1n) is 6.27. The molecule has 10 heteroatoms. The smallest absolute Gasteiger partial charge is 0.350 e. The number of ether oxygens (including phenoxy) is 1. The van der Waals surface area contributed by atoms with Crippen molar-refractivity contribution in [2.75, 3.05) is 12.3 Å². The molecule has 5 N–H and O–H groups in total. The molecule has 10 nitrogen and oxygen atoms in total. The zero-order valence-electron chi connectivity index (χ0n) is 11.1. The van der Waals surface area contributed by atoms with Crippen LogP contribution in [0.2, 0.25) is 0 Å². The molecule has 0 saturated carbocycles. The van der Waals surface area contributed by atoms with Gasteiger partial charge in [-0.25, -0.2) is 9.78 Å². The molecular formula is C11H15N5O5. The summed E-state index contributed by atoms with van der Waals surface area (Å²) in [5.41, 5.74) is 5.66. The van der Waals surface area contributed by atoms with Gasteiger partial charge in [-0.3, -0.25) is 9.13 Å². The maximum atomic E-state index is 11.7. The molecule has 0 bridgehead atoms. The van der Waals surface area contributed by atoms with E-state index in [2.05, 4.69) is 9.97 Å². The highest BCUT2D eigenvalue weighted by Crippen LogP contribution is 2.31. The number of fused-ring (bicyclic) bond motifs is 1. The number of aliphatic hydroxyl groups is 3. The second-order valence-electron chi connectivity index (χ2n) is 4.89. The minimum Gasteiger partial charge on any atom is -0.394 e. The lowest BCUT2D eigenvalue weighted by Gasteiger charge is -2.16. The van der Waals surface area contributed by atoms with Gasteiger partial charge in [0.25, 0.3) is 0 Å². The maximum absolute atomic E-state index is 11.7. The van der Waals surface area contributed by atoms with Gasteiger partial charge in [0.15, 0.2) is 11.9 Å². The third-order valence-corrected chi connectivity index (χ3v) is 3.65. The fourth-order valence-electron chi connectivity index (χ4n) is 2.37. The van der Waals surface area contributed by atoms with E-state index in [9.17, 15) is 15.0 Å². The molecule has 2 aromatic rings. The number of imidazole rings is 1. The summed E-state index contributed by atoms with van der Waals surface area (Å²) < 4.78 is 7.85. The Morgan fingerprint density at radius 1 is 1.43 bits per heavy atom. The summed E-state index contributed by atoms with van der Waals surface area (Å²) in [6, 6.07) is 0. The minimum atomic E-state index is -1.29. The zero-order chi connectivity index (χ0) is 15.3. The minimum absolute atomic E-state index is 0.135. The number of anilines is 1. The summed E-state index contributed by atoms with van der Waals surface area (Å²) in [6.07, 6.45) is -3.16. The number of hydrogen-bond donors (Lipinski definition) is 4. The number of hydrogen-bond acceptors (Lipinski definition) is 8. The van der Waals surface area contributed by atoms with Crippen molar-refractivity contribution in [1.82, 2.24) is 19.1 Å². The van der Waals surface area contributed by atoms with E-state index in [4.69, 9.17) is 15.6 Å². The summed E-state index contributed by atoms with van der Waals surface area (Å²) in [5.74, 6) is 0.135. The van der Waals surface area contributed by atoms with E-state index in [1.165, 1.54) is 17.9 Å². The van der Waals surface area contributed by atoms with Crippen molar-refractivity contribution in [3.05, 3.63) is 16.8 Å². The van der Waals surface area contributed by atoms with Crippen LogP contribution in [0, 0.1) is 0 Å². The molecule has 0 radical (unpaired) electrons. The van der Waals surface area contributed by atoms with Gasteiger partial charge in [-0.15, -0.1) is 0 Å². The quantitative estimate of drug-likeness (QED) is 0.468. The van der Waals surface area contributed by atoms with Gasteiger partial charge in [0.1, 0.15) is 29.6 Å². The molecule has 0 spiro atoms. The first-order chi connectivity index (χ1) is 9.95. The predicted molar refractivity (Wildman–Crippen MR) is 70.2 cm³/mol. The molecule has 21 heavy (non-hydrogen) atoms. The van der Waals surface area contributed by atoms with Crippen LogP contribution in [-0.4, -0.2) is 59.3 Å². The second-order valence-corrected chi connectivity index (χ2v) is 4.89. The fourth-order valence-corrected chi connectivity index (χ4v) is 2.37. The van der Waals surface area contributed by atoms with Crippen LogP contribution in [0.3, 0.4) is 0 Å². The van der Waals surface area contributed by atoms with E-state index in [-0.39, 0.29) is 17.0 Å². The van der Waals surface area contributed by atoms with Crippen LogP contribution in [0.15, 0.2) is 11.1 Å². The maximum Gasteiger partial charge on any atom is 0.350 e. The topological polar surface area (TPSA) is 149 Å². The van der Waals surface area contributed by atoms with Gasteiger partial charge in [0, 0.05) is 7.05 Å². The lowest BCUT2D eigenvalue weighted by Crippen LogP contribution is -2.33. The molecule has 2 aromatic heterocycles. The molecule has 1 aliphatic heterocycles. The standard InChI is InChI=1S/C11H15N5O5/c1-15-8(12)5-9(14-11(15)20)16(3-13-5)10-7(19)6(18)4(2-17)21-10/h3-4,6-7,10,17-19H,2,12H2,1H3/t4-,6-,7-,10-/m1/s1. The van der Waals surface area contributed by atoms with Gasteiger partial charge in [-0.2, -0.15) is 4.98 Å². The summed E-state index contributed by atoms with van der Waals surface area (Å²) >= 11 is 0. The molecule has 0 unspecified atom stereocenters. The lowest BCUT2D eigenvalue weighted by atomic mass is 10.1.